The van der Waals surface area contributed by atoms with E-state index in [0.717, 1.165) is 35.3 Å². The number of benzene rings is 3. The fourth-order valence-electron chi connectivity index (χ4n) is 3.90. The van der Waals surface area contributed by atoms with Gasteiger partial charge in [0.05, 0.1) is 17.4 Å². The van der Waals surface area contributed by atoms with Crippen molar-refractivity contribution in [1.29, 1.82) is 0 Å². The highest BCUT2D eigenvalue weighted by Crippen LogP contribution is 2.38. The van der Waals surface area contributed by atoms with E-state index in [2.05, 4.69) is 35.8 Å². The molecule has 172 valence electrons. The molecular formula is C26H21N7O2. The van der Waals surface area contributed by atoms with E-state index in [1.165, 1.54) is 0 Å². The number of nitrogens with one attached hydrogen (secondary N) is 4. The fraction of sp³-hybridized carbons (Fsp3) is 0.115. The van der Waals surface area contributed by atoms with Crippen LogP contribution in [0.15, 0.2) is 73.1 Å². The lowest BCUT2D eigenvalue weighted by atomic mass is 10.1. The van der Waals surface area contributed by atoms with Crippen LogP contribution < -0.4 is 10.6 Å². The maximum atomic E-state index is 12.9. The molecule has 2 amide bonds. The molecule has 1 saturated carbocycles. The molecule has 0 aliphatic heterocycles. The maximum absolute atomic E-state index is 12.9. The first kappa shape index (κ1) is 20.8. The number of imidazole rings is 1. The topological polar surface area (TPSA) is 128 Å². The third-order valence-electron chi connectivity index (χ3n) is 5.91. The van der Waals surface area contributed by atoms with Crippen LogP contribution in [0.25, 0.3) is 22.4 Å². The first-order valence-electron chi connectivity index (χ1n) is 11.3. The number of fused-ring (bicyclic) bond motifs is 1. The highest BCUT2D eigenvalue weighted by molar-refractivity contribution is 6.08. The number of nitrogens with zero attached hydrogens (tertiary/aromatic N) is 3. The van der Waals surface area contributed by atoms with Crippen LogP contribution in [0.3, 0.4) is 0 Å². The zero-order valence-electron chi connectivity index (χ0n) is 18.6. The van der Waals surface area contributed by atoms with Crippen molar-refractivity contribution >= 4 is 34.2 Å². The summed E-state index contributed by atoms with van der Waals surface area (Å²) >= 11 is 0. The van der Waals surface area contributed by atoms with Crippen molar-refractivity contribution in [2.24, 2.45) is 0 Å². The highest BCUT2D eigenvalue weighted by atomic mass is 16.2. The molecule has 0 unspecified atom stereocenters. The number of amides is 2. The van der Waals surface area contributed by atoms with Crippen molar-refractivity contribution in [2.45, 2.75) is 18.8 Å². The van der Waals surface area contributed by atoms with Gasteiger partial charge in [0.15, 0.2) is 5.82 Å². The Balaban J connectivity index is 1.15. The standard InChI is InChI=1S/C26H21N7O2/c34-25(29-19-5-1-3-16(11-19)24-31-23(32-33-24)15-7-8-15)17-4-2-6-20(12-17)30-26(35)18-9-10-21-22(13-18)28-14-27-21/h1-6,9-15H,7-8H2,(H,27,28)(H,29,34)(H,30,35)(H,31,32,33). The molecule has 0 radical (unpaired) electrons. The number of hydrogen-bond donors (Lipinski definition) is 4. The van der Waals surface area contributed by atoms with Crippen LogP contribution in [-0.4, -0.2) is 37.0 Å². The largest absolute Gasteiger partial charge is 0.345 e. The number of H-pyrrole nitrogens is 2. The van der Waals surface area contributed by atoms with Crippen molar-refractivity contribution in [1.82, 2.24) is 25.1 Å². The predicted octanol–water partition coefficient (Wildman–Crippen LogP) is 4.73. The van der Waals surface area contributed by atoms with Gasteiger partial charge in [-0.3, -0.25) is 14.7 Å². The van der Waals surface area contributed by atoms with Gasteiger partial charge in [-0.15, -0.1) is 0 Å². The summed E-state index contributed by atoms with van der Waals surface area (Å²) in [7, 11) is 0. The average Bonchev–Trinajstić information content (AvgIpc) is 3.41. The lowest BCUT2D eigenvalue weighted by molar-refractivity contribution is 0.101. The number of rotatable bonds is 6. The third kappa shape index (κ3) is 4.39. The molecule has 2 aromatic heterocycles. The average molecular weight is 464 g/mol. The van der Waals surface area contributed by atoms with E-state index in [1.807, 2.05) is 24.3 Å². The van der Waals surface area contributed by atoms with E-state index in [1.54, 1.807) is 48.8 Å². The van der Waals surface area contributed by atoms with E-state index < -0.39 is 0 Å². The summed E-state index contributed by atoms with van der Waals surface area (Å²) in [6, 6.07) is 19.5. The maximum Gasteiger partial charge on any atom is 0.255 e. The van der Waals surface area contributed by atoms with Gasteiger partial charge in [0.25, 0.3) is 11.8 Å². The number of carbonyl (C=O) groups is 2. The zero-order chi connectivity index (χ0) is 23.8. The van der Waals surface area contributed by atoms with Crippen LogP contribution in [-0.2, 0) is 0 Å². The minimum Gasteiger partial charge on any atom is -0.345 e. The SMILES string of the molecule is O=C(Nc1cccc(-c2n[nH]c(C3CC3)n2)c1)c1cccc(NC(=O)c2ccc3nc[nH]c3c2)c1. The molecule has 0 saturated heterocycles. The molecule has 0 spiro atoms. The number of anilines is 2. The van der Waals surface area contributed by atoms with Crippen LogP contribution in [0, 0.1) is 0 Å². The first-order valence-corrected chi connectivity index (χ1v) is 11.3. The van der Waals surface area contributed by atoms with Gasteiger partial charge in [0.2, 0.25) is 0 Å². The fourth-order valence-corrected chi connectivity index (χ4v) is 3.90. The molecule has 1 aliphatic carbocycles. The van der Waals surface area contributed by atoms with Crippen molar-refractivity contribution in [3.63, 3.8) is 0 Å². The second-order valence-electron chi connectivity index (χ2n) is 8.52. The van der Waals surface area contributed by atoms with Crippen molar-refractivity contribution < 1.29 is 9.59 Å². The Morgan fingerprint density at radius 2 is 1.60 bits per heavy atom. The molecule has 2 heterocycles. The molecule has 35 heavy (non-hydrogen) atoms. The lowest BCUT2D eigenvalue weighted by Gasteiger charge is -2.09. The Kier molecular flexibility index (Phi) is 5.07. The summed E-state index contributed by atoms with van der Waals surface area (Å²) in [5.41, 5.74) is 4.46. The van der Waals surface area contributed by atoms with Crippen molar-refractivity contribution in [2.75, 3.05) is 10.6 Å². The molecule has 6 rings (SSSR count). The highest BCUT2D eigenvalue weighted by Gasteiger charge is 2.27. The minimum atomic E-state index is -0.286. The summed E-state index contributed by atoms with van der Waals surface area (Å²) < 4.78 is 0. The molecule has 3 aromatic carbocycles. The van der Waals surface area contributed by atoms with Gasteiger partial charge in [-0.25, -0.2) is 9.97 Å². The minimum absolute atomic E-state index is 0.274. The van der Waals surface area contributed by atoms with Crippen molar-refractivity contribution in [3.8, 4) is 11.4 Å². The molecular weight excluding hydrogens is 442 g/mol. The van der Waals surface area contributed by atoms with Crippen LogP contribution in [0.1, 0.15) is 45.3 Å². The van der Waals surface area contributed by atoms with Crippen LogP contribution >= 0.6 is 0 Å². The van der Waals surface area contributed by atoms with E-state index in [9.17, 15) is 9.59 Å². The Morgan fingerprint density at radius 3 is 2.40 bits per heavy atom. The summed E-state index contributed by atoms with van der Waals surface area (Å²) in [4.78, 5) is 37.4. The smallest absolute Gasteiger partial charge is 0.255 e. The Morgan fingerprint density at radius 1 is 0.857 bits per heavy atom. The zero-order valence-corrected chi connectivity index (χ0v) is 18.6. The summed E-state index contributed by atoms with van der Waals surface area (Å²) in [6.07, 6.45) is 3.87. The monoisotopic (exact) mass is 463 g/mol. The molecule has 0 bridgehead atoms. The van der Waals surface area contributed by atoms with Gasteiger partial charge in [0.1, 0.15) is 5.82 Å². The summed E-state index contributed by atoms with van der Waals surface area (Å²) in [6.45, 7) is 0. The molecule has 4 N–H and O–H groups in total. The molecule has 9 nitrogen and oxygen atoms in total. The van der Waals surface area contributed by atoms with Gasteiger partial charge in [-0.1, -0.05) is 18.2 Å². The lowest BCUT2D eigenvalue weighted by Crippen LogP contribution is -2.14. The summed E-state index contributed by atoms with van der Waals surface area (Å²) in [5.74, 6) is 1.45. The van der Waals surface area contributed by atoms with Gasteiger partial charge < -0.3 is 15.6 Å². The Hall–Kier alpha value is -4.79. The van der Waals surface area contributed by atoms with Gasteiger partial charge in [-0.2, -0.15) is 5.10 Å². The van der Waals surface area contributed by atoms with E-state index >= 15 is 0 Å². The van der Waals surface area contributed by atoms with Crippen LogP contribution in [0.2, 0.25) is 0 Å². The van der Waals surface area contributed by atoms with Gasteiger partial charge in [-0.05, 0) is 61.4 Å². The number of carbonyl (C=O) groups excluding carboxylic acids is 2. The molecule has 9 heteroatoms. The second-order valence-corrected chi connectivity index (χ2v) is 8.52. The van der Waals surface area contributed by atoms with Crippen molar-refractivity contribution in [3.05, 3.63) is 90.0 Å². The van der Waals surface area contributed by atoms with E-state index in [-0.39, 0.29) is 11.8 Å². The molecule has 1 fully saturated rings. The predicted molar refractivity (Wildman–Crippen MR) is 132 cm³/mol. The van der Waals surface area contributed by atoms with E-state index in [4.69, 9.17) is 0 Å². The van der Waals surface area contributed by atoms with Crippen LogP contribution in [0.5, 0.6) is 0 Å². The normalized spacial score (nSPS) is 13.0. The Labute approximate surface area is 200 Å². The second kappa shape index (κ2) is 8.53. The summed E-state index contributed by atoms with van der Waals surface area (Å²) in [5, 5.41) is 13.1. The molecule has 0 atom stereocenters. The van der Waals surface area contributed by atoms with E-state index in [0.29, 0.717) is 34.2 Å². The quantitative estimate of drug-likeness (QED) is 0.289. The van der Waals surface area contributed by atoms with Crippen LogP contribution in [0.4, 0.5) is 11.4 Å². The number of aromatic amines is 2. The van der Waals surface area contributed by atoms with Gasteiger partial charge in [0, 0.05) is 34.0 Å². The first-order chi connectivity index (χ1) is 17.1. The number of hydrogen-bond acceptors (Lipinski definition) is 5. The Bertz CT molecular complexity index is 1560. The van der Waals surface area contributed by atoms with Gasteiger partial charge >= 0.3 is 0 Å². The third-order valence-corrected chi connectivity index (χ3v) is 5.91. The number of aromatic nitrogens is 5. The molecule has 1 aliphatic rings. The molecule has 5 aromatic rings.